The van der Waals surface area contributed by atoms with E-state index in [2.05, 4.69) is 5.32 Å². The first-order chi connectivity index (χ1) is 7.90. The molecular formula is C11H11F2NO3. The van der Waals surface area contributed by atoms with Crippen molar-refractivity contribution in [3.63, 3.8) is 0 Å². The predicted octanol–water partition coefficient (Wildman–Crippen LogP) is 1.10. The van der Waals surface area contributed by atoms with Gasteiger partial charge in [-0.1, -0.05) is 0 Å². The van der Waals surface area contributed by atoms with E-state index in [0.717, 1.165) is 25.1 Å². The first-order valence-electron chi connectivity index (χ1n) is 4.84. The number of aliphatic carboxylic acids is 1. The predicted molar refractivity (Wildman–Crippen MR) is 55.3 cm³/mol. The van der Waals surface area contributed by atoms with Crippen LogP contribution >= 0.6 is 0 Å². The van der Waals surface area contributed by atoms with Crippen LogP contribution in [0.2, 0.25) is 0 Å². The Kier molecular flexibility index (Phi) is 4.14. The number of carbonyl (C=O) groups excluding carboxylic acids is 1. The molecule has 1 aromatic rings. The molecular weight excluding hydrogens is 232 g/mol. The molecule has 0 spiro atoms. The Balaban J connectivity index is 2.89. The highest BCUT2D eigenvalue weighted by atomic mass is 19.1. The van der Waals surface area contributed by atoms with Gasteiger partial charge in [0.1, 0.15) is 17.7 Å². The van der Waals surface area contributed by atoms with E-state index < -0.39 is 29.6 Å². The Hall–Kier alpha value is -1.98. The highest BCUT2D eigenvalue weighted by Gasteiger charge is 2.20. The van der Waals surface area contributed by atoms with Crippen LogP contribution in [0, 0.1) is 11.6 Å². The van der Waals surface area contributed by atoms with Gasteiger partial charge in [0.15, 0.2) is 0 Å². The zero-order valence-electron chi connectivity index (χ0n) is 9.04. The molecule has 4 nitrogen and oxygen atoms in total. The average Bonchev–Trinajstić information content (AvgIpc) is 2.21. The normalized spacial score (nSPS) is 11.9. The van der Waals surface area contributed by atoms with E-state index in [1.54, 1.807) is 0 Å². The van der Waals surface area contributed by atoms with Crippen LogP contribution in [0.25, 0.3) is 0 Å². The van der Waals surface area contributed by atoms with Crippen molar-refractivity contribution >= 4 is 11.9 Å². The smallest absolute Gasteiger partial charge is 0.326 e. The number of carboxylic acid groups (broad SMARTS) is 1. The highest BCUT2D eigenvalue weighted by Crippen LogP contribution is 2.12. The summed E-state index contributed by atoms with van der Waals surface area (Å²) in [7, 11) is 0. The zero-order chi connectivity index (χ0) is 13.0. The Labute approximate surface area is 96.3 Å². The molecule has 0 unspecified atom stereocenters. The van der Waals surface area contributed by atoms with Gasteiger partial charge in [0.25, 0.3) is 0 Å². The second-order valence-corrected chi connectivity index (χ2v) is 3.53. The number of rotatable bonds is 4. The van der Waals surface area contributed by atoms with Crippen molar-refractivity contribution < 1.29 is 23.5 Å². The van der Waals surface area contributed by atoms with Crippen LogP contribution in [0.3, 0.4) is 0 Å². The van der Waals surface area contributed by atoms with Crippen LogP contribution < -0.4 is 5.32 Å². The Morgan fingerprint density at radius 1 is 1.41 bits per heavy atom. The monoisotopic (exact) mass is 243 g/mol. The molecule has 0 aliphatic heterocycles. The number of hydrogen-bond acceptors (Lipinski definition) is 2. The first-order valence-corrected chi connectivity index (χ1v) is 4.84. The molecule has 17 heavy (non-hydrogen) atoms. The molecule has 0 fully saturated rings. The SMILES string of the molecule is CC(=O)N[C@H](Cc1cc(F)ccc1F)C(=O)O. The summed E-state index contributed by atoms with van der Waals surface area (Å²) in [4.78, 5) is 21.6. The molecule has 1 atom stereocenters. The highest BCUT2D eigenvalue weighted by molar-refractivity contribution is 5.82. The second kappa shape index (κ2) is 5.38. The van der Waals surface area contributed by atoms with Gasteiger partial charge in [-0.05, 0) is 23.8 Å². The fraction of sp³-hybridized carbons (Fsp3) is 0.273. The number of halogens is 2. The van der Waals surface area contributed by atoms with Crippen molar-refractivity contribution in [3.05, 3.63) is 35.4 Å². The van der Waals surface area contributed by atoms with Crippen molar-refractivity contribution in [1.82, 2.24) is 5.32 Å². The molecule has 0 saturated heterocycles. The summed E-state index contributed by atoms with van der Waals surface area (Å²) in [5.74, 6) is -3.21. The van der Waals surface area contributed by atoms with Crippen molar-refractivity contribution in [2.24, 2.45) is 0 Å². The molecule has 1 amide bonds. The van der Waals surface area contributed by atoms with E-state index in [1.165, 1.54) is 0 Å². The summed E-state index contributed by atoms with van der Waals surface area (Å²) < 4.78 is 26.1. The second-order valence-electron chi connectivity index (χ2n) is 3.53. The molecule has 1 rings (SSSR count). The van der Waals surface area contributed by atoms with Crippen LogP contribution in [0.4, 0.5) is 8.78 Å². The van der Waals surface area contributed by atoms with Gasteiger partial charge < -0.3 is 10.4 Å². The average molecular weight is 243 g/mol. The Morgan fingerprint density at radius 2 is 2.06 bits per heavy atom. The van der Waals surface area contributed by atoms with Gasteiger partial charge in [-0.2, -0.15) is 0 Å². The van der Waals surface area contributed by atoms with Gasteiger partial charge >= 0.3 is 5.97 Å². The quantitative estimate of drug-likeness (QED) is 0.832. The summed E-state index contributed by atoms with van der Waals surface area (Å²) in [6.45, 7) is 1.15. The van der Waals surface area contributed by atoms with Gasteiger partial charge in [-0.15, -0.1) is 0 Å². The number of carbonyl (C=O) groups is 2. The minimum absolute atomic E-state index is 0.0915. The standard InChI is InChI=1S/C11H11F2NO3/c1-6(15)14-10(11(16)17)5-7-4-8(12)2-3-9(7)13/h2-4,10H,5H2,1H3,(H,14,15)(H,16,17)/t10-/m1/s1. The first kappa shape index (κ1) is 13.1. The maximum absolute atomic E-state index is 13.3. The van der Waals surface area contributed by atoms with E-state index in [-0.39, 0.29) is 12.0 Å². The largest absolute Gasteiger partial charge is 0.480 e. The van der Waals surface area contributed by atoms with Gasteiger partial charge in [-0.25, -0.2) is 13.6 Å². The van der Waals surface area contributed by atoms with Crippen molar-refractivity contribution in [2.75, 3.05) is 0 Å². The maximum atomic E-state index is 13.3. The summed E-state index contributed by atoms with van der Waals surface area (Å²) >= 11 is 0. The van der Waals surface area contributed by atoms with Crippen molar-refractivity contribution in [3.8, 4) is 0 Å². The molecule has 0 aromatic heterocycles. The number of benzene rings is 1. The molecule has 1 aromatic carbocycles. The number of hydrogen-bond donors (Lipinski definition) is 2. The van der Waals surface area contributed by atoms with E-state index in [1.807, 2.05) is 0 Å². The van der Waals surface area contributed by atoms with E-state index in [4.69, 9.17) is 5.11 Å². The summed E-state index contributed by atoms with van der Waals surface area (Å²) in [5.41, 5.74) is -0.0915. The molecule has 92 valence electrons. The fourth-order valence-corrected chi connectivity index (χ4v) is 1.37. The van der Waals surface area contributed by atoms with Gasteiger partial charge in [-0.3, -0.25) is 4.79 Å². The van der Waals surface area contributed by atoms with Gasteiger partial charge in [0, 0.05) is 13.3 Å². The van der Waals surface area contributed by atoms with Crippen molar-refractivity contribution in [2.45, 2.75) is 19.4 Å². The number of carboxylic acids is 1. The summed E-state index contributed by atoms with van der Waals surface area (Å²) in [6.07, 6.45) is -0.307. The molecule has 2 N–H and O–H groups in total. The van der Waals surface area contributed by atoms with Crippen LogP contribution in [0.5, 0.6) is 0 Å². The maximum Gasteiger partial charge on any atom is 0.326 e. The van der Waals surface area contributed by atoms with Gasteiger partial charge in [0.2, 0.25) is 5.91 Å². The summed E-state index contributed by atoms with van der Waals surface area (Å²) in [5, 5.41) is 11.0. The lowest BCUT2D eigenvalue weighted by Crippen LogP contribution is -2.41. The molecule has 0 aliphatic carbocycles. The third-order valence-corrected chi connectivity index (χ3v) is 2.11. The lowest BCUT2D eigenvalue weighted by atomic mass is 10.1. The topological polar surface area (TPSA) is 66.4 Å². The van der Waals surface area contributed by atoms with Crippen LogP contribution in [-0.4, -0.2) is 23.0 Å². The minimum Gasteiger partial charge on any atom is -0.480 e. The van der Waals surface area contributed by atoms with Crippen LogP contribution in [0.1, 0.15) is 12.5 Å². The number of amides is 1. The molecule has 0 aliphatic rings. The van der Waals surface area contributed by atoms with Crippen LogP contribution in [0.15, 0.2) is 18.2 Å². The third-order valence-electron chi connectivity index (χ3n) is 2.11. The minimum atomic E-state index is -1.30. The molecule has 0 heterocycles. The van der Waals surface area contributed by atoms with Crippen LogP contribution in [-0.2, 0) is 16.0 Å². The van der Waals surface area contributed by atoms with Crippen molar-refractivity contribution in [1.29, 1.82) is 0 Å². The molecule has 0 saturated carbocycles. The third kappa shape index (κ3) is 3.82. The molecule has 6 heteroatoms. The van der Waals surface area contributed by atoms with E-state index in [0.29, 0.717) is 0 Å². The number of nitrogens with one attached hydrogen (secondary N) is 1. The molecule has 0 bridgehead atoms. The van der Waals surface area contributed by atoms with E-state index >= 15 is 0 Å². The van der Waals surface area contributed by atoms with Gasteiger partial charge in [0.05, 0.1) is 0 Å². The lowest BCUT2D eigenvalue weighted by molar-refractivity contribution is -0.141. The lowest BCUT2D eigenvalue weighted by Gasteiger charge is -2.13. The Bertz CT molecular complexity index is 448. The zero-order valence-corrected chi connectivity index (χ0v) is 9.04. The summed E-state index contributed by atoms with van der Waals surface area (Å²) in [6, 6.07) is 1.49. The fourth-order valence-electron chi connectivity index (χ4n) is 1.37. The molecule has 0 radical (unpaired) electrons. The van der Waals surface area contributed by atoms with E-state index in [9.17, 15) is 18.4 Å². The Morgan fingerprint density at radius 3 is 2.59 bits per heavy atom.